The van der Waals surface area contributed by atoms with Crippen molar-refractivity contribution in [3.05, 3.63) is 87.6 Å². The molecule has 29 heavy (non-hydrogen) atoms. The second-order valence-corrected chi connectivity index (χ2v) is 6.31. The minimum absolute atomic E-state index is 0.0952. The number of H-pyrrole nitrogens is 1. The molecule has 0 atom stereocenters. The van der Waals surface area contributed by atoms with Crippen LogP contribution in [0.1, 0.15) is 21.6 Å². The molecule has 0 aliphatic carbocycles. The van der Waals surface area contributed by atoms with E-state index in [0.29, 0.717) is 29.1 Å². The first-order valence-electron chi connectivity index (χ1n) is 8.64. The van der Waals surface area contributed by atoms with E-state index in [-0.39, 0.29) is 11.3 Å². The van der Waals surface area contributed by atoms with Gasteiger partial charge in [0.25, 0.3) is 11.6 Å². The standard InChI is InChI=1S/C20H14N6O3/c21-11-16-10-17-18(22-20(27)14-6-8-15(9-7-14)26(28)29)23-24-19(17)25(16)12-13-4-2-1-3-5-13/h1-10H,12H2,(H2,22,23,24,27). The molecule has 142 valence electrons. The van der Waals surface area contributed by atoms with Gasteiger partial charge in [0.15, 0.2) is 5.65 Å². The Morgan fingerprint density at radius 2 is 1.93 bits per heavy atom. The number of hydrogen-bond donors (Lipinski definition) is 2. The number of non-ortho nitro benzene ring substituents is 1. The molecule has 2 N–H and O–H groups in total. The third-order valence-corrected chi connectivity index (χ3v) is 4.49. The van der Waals surface area contributed by atoms with E-state index < -0.39 is 10.8 Å². The molecule has 0 fully saturated rings. The predicted octanol–water partition coefficient (Wildman–Crippen LogP) is 3.44. The lowest BCUT2D eigenvalue weighted by Gasteiger charge is -2.04. The van der Waals surface area contributed by atoms with Crippen molar-refractivity contribution in [2.24, 2.45) is 0 Å². The van der Waals surface area contributed by atoms with Crippen LogP contribution < -0.4 is 5.32 Å². The van der Waals surface area contributed by atoms with Crippen LogP contribution in [-0.4, -0.2) is 25.6 Å². The van der Waals surface area contributed by atoms with Crippen LogP contribution in [0.25, 0.3) is 11.0 Å². The molecule has 9 nitrogen and oxygen atoms in total. The smallest absolute Gasteiger partial charge is 0.269 e. The van der Waals surface area contributed by atoms with E-state index in [4.69, 9.17) is 0 Å². The maximum atomic E-state index is 12.5. The van der Waals surface area contributed by atoms with E-state index in [1.165, 1.54) is 24.3 Å². The minimum Gasteiger partial charge on any atom is -0.311 e. The number of fused-ring (bicyclic) bond motifs is 1. The maximum absolute atomic E-state index is 12.5. The number of carbonyl (C=O) groups excluding carboxylic acids is 1. The highest BCUT2D eigenvalue weighted by atomic mass is 16.6. The molecule has 0 saturated heterocycles. The molecule has 0 spiro atoms. The van der Waals surface area contributed by atoms with Gasteiger partial charge < -0.3 is 9.88 Å². The van der Waals surface area contributed by atoms with Crippen LogP contribution >= 0.6 is 0 Å². The summed E-state index contributed by atoms with van der Waals surface area (Å²) in [5.74, 6) is -0.0913. The van der Waals surface area contributed by atoms with E-state index in [1.807, 2.05) is 30.3 Å². The molecule has 4 aromatic rings. The Hall–Kier alpha value is -4.45. The number of aromatic amines is 1. The summed E-state index contributed by atoms with van der Waals surface area (Å²) in [7, 11) is 0. The Balaban J connectivity index is 1.63. The highest BCUT2D eigenvalue weighted by molar-refractivity contribution is 6.07. The number of benzene rings is 2. The number of hydrogen-bond acceptors (Lipinski definition) is 5. The fourth-order valence-electron chi connectivity index (χ4n) is 3.05. The SMILES string of the molecule is N#Cc1cc2c(NC(=O)c3ccc([N+](=O)[O-])cc3)[nH]nc2n1Cc1ccccc1. The number of nitro benzene ring substituents is 1. The molecule has 0 aliphatic rings. The number of nitrogens with zero attached hydrogens (tertiary/aromatic N) is 4. The van der Waals surface area contributed by atoms with Gasteiger partial charge in [0.2, 0.25) is 0 Å². The average Bonchev–Trinajstić information content (AvgIpc) is 3.29. The molecule has 2 heterocycles. The molecule has 0 aliphatic heterocycles. The van der Waals surface area contributed by atoms with Crippen molar-refractivity contribution >= 4 is 28.4 Å². The maximum Gasteiger partial charge on any atom is 0.269 e. The second kappa shape index (κ2) is 7.28. The van der Waals surface area contributed by atoms with Crippen LogP contribution in [0.5, 0.6) is 0 Å². The Morgan fingerprint density at radius 3 is 2.59 bits per heavy atom. The van der Waals surface area contributed by atoms with Crippen molar-refractivity contribution in [3.63, 3.8) is 0 Å². The Labute approximate surface area is 164 Å². The Bertz CT molecular complexity index is 1250. The lowest BCUT2D eigenvalue weighted by Crippen LogP contribution is -2.12. The zero-order chi connectivity index (χ0) is 20.4. The molecule has 9 heteroatoms. The average molecular weight is 386 g/mol. The fourth-order valence-corrected chi connectivity index (χ4v) is 3.05. The van der Waals surface area contributed by atoms with Gasteiger partial charge in [-0.3, -0.25) is 20.0 Å². The van der Waals surface area contributed by atoms with Crippen molar-refractivity contribution in [2.75, 3.05) is 5.32 Å². The summed E-state index contributed by atoms with van der Waals surface area (Å²) in [5, 5.41) is 30.6. The number of carbonyl (C=O) groups is 1. The van der Waals surface area contributed by atoms with Gasteiger partial charge >= 0.3 is 0 Å². The van der Waals surface area contributed by atoms with Crippen LogP contribution in [0.4, 0.5) is 11.5 Å². The molecule has 2 aromatic heterocycles. The van der Waals surface area contributed by atoms with Gasteiger partial charge in [-0.25, -0.2) is 0 Å². The summed E-state index contributed by atoms with van der Waals surface area (Å²) >= 11 is 0. The molecule has 1 amide bonds. The topological polar surface area (TPSA) is 130 Å². The summed E-state index contributed by atoms with van der Waals surface area (Å²) in [6.45, 7) is 0.466. The molecule has 0 bridgehead atoms. The van der Waals surface area contributed by atoms with E-state index in [2.05, 4.69) is 21.6 Å². The molecule has 0 unspecified atom stereocenters. The predicted molar refractivity (Wildman–Crippen MR) is 105 cm³/mol. The van der Waals surface area contributed by atoms with Gasteiger partial charge in [0.1, 0.15) is 17.6 Å². The number of aromatic nitrogens is 3. The number of nitriles is 1. The van der Waals surface area contributed by atoms with E-state index in [0.717, 1.165) is 5.56 Å². The van der Waals surface area contributed by atoms with Crippen molar-refractivity contribution in [1.29, 1.82) is 5.26 Å². The normalized spacial score (nSPS) is 10.6. The molecular formula is C20H14N6O3. The van der Waals surface area contributed by atoms with Gasteiger partial charge in [-0.05, 0) is 23.8 Å². The van der Waals surface area contributed by atoms with E-state index in [1.54, 1.807) is 10.6 Å². The van der Waals surface area contributed by atoms with Crippen LogP contribution in [-0.2, 0) is 6.54 Å². The first-order valence-corrected chi connectivity index (χ1v) is 8.64. The van der Waals surface area contributed by atoms with Gasteiger partial charge in [-0.2, -0.15) is 10.4 Å². The van der Waals surface area contributed by atoms with E-state index in [9.17, 15) is 20.2 Å². The van der Waals surface area contributed by atoms with Crippen molar-refractivity contribution in [2.45, 2.75) is 6.54 Å². The number of amides is 1. The summed E-state index contributed by atoms with van der Waals surface area (Å²) < 4.78 is 1.77. The lowest BCUT2D eigenvalue weighted by molar-refractivity contribution is -0.384. The largest absolute Gasteiger partial charge is 0.311 e. The van der Waals surface area contributed by atoms with Crippen LogP contribution in [0, 0.1) is 21.4 Å². The number of nitro groups is 1. The zero-order valence-electron chi connectivity index (χ0n) is 15.0. The molecule has 0 saturated carbocycles. The summed E-state index contributed by atoms with van der Waals surface area (Å²) in [6.07, 6.45) is 0. The number of rotatable bonds is 5. The molecule has 0 radical (unpaired) electrons. The zero-order valence-corrected chi connectivity index (χ0v) is 15.0. The minimum atomic E-state index is -0.529. The van der Waals surface area contributed by atoms with Crippen LogP contribution in [0.15, 0.2) is 60.7 Å². The Kier molecular flexibility index (Phi) is 4.50. The van der Waals surface area contributed by atoms with Gasteiger partial charge in [-0.15, -0.1) is 0 Å². The first-order chi connectivity index (χ1) is 14.1. The fraction of sp³-hybridized carbons (Fsp3) is 0.0500. The summed E-state index contributed by atoms with van der Waals surface area (Å²) in [5.41, 5.74) is 2.15. The van der Waals surface area contributed by atoms with E-state index >= 15 is 0 Å². The van der Waals surface area contributed by atoms with Crippen molar-refractivity contribution < 1.29 is 9.72 Å². The van der Waals surface area contributed by atoms with Crippen LogP contribution in [0.2, 0.25) is 0 Å². The first kappa shape index (κ1) is 17.9. The summed E-state index contributed by atoms with van der Waals surface area (Å²) in [6, 6.07) is 18.8. The van der Waals surface area contributed by atoms with Gasteiger partial charge in [-0.1, -0.05) is 30.3 Å². The van der Waals surface area contributed by atoms with Gasteiger partial charge in [0, 0.05) is 17.7 Å². The quantitative estimate of drug-likeness (QED) is 0.401. The monoisotopic (exact) mass is 386 g/mol. The molecule has 4 rings (SSSR count). The highest BCUT2D eigenvalue weighted by Gasteiger charge is 2.18. The summed E-state index contributed by atoms with van der Waals surface area (Å²) in [4.78, 5) is 22.7. The van der Waals surface area contributed by atoms with Gasteiger partial charge in [0.05, 0.1) is 16.9 Å². The van der Waals surface area contributed by atoms with Crippen molar-refractivity contribution in [1.82, 2.24) is 14.8 Å². The third-order valence-electron chi connectivity index (χ3n) is 4.49. The number of nitrogens with one attached hydrogen (secondary N) is 2. The highest BCUT2D eigenvalue weighted by Crippen LogP contribution is 2.26. The lowest BCUT2D eigenvalue weighted by atomic mass is 10.2. The van der Waals surface area contributed by atoms with Crippen LogP contribution in [0.3, 0.4) is 0 Å². The number of anilines is 1. The van der Waals surface area contributed by atoms with Crippen molar-refractivity contribution in [3.8, 4) is 6.07 Å². The second-order valence-electron chi connectivity index (χ2n) is 6.31. The molecular weight excluding hydrogens is 372 g/mol. The Morgan fingerprint density at radius 1 is 1.21 bits per heavy atom. The third kappa shape index (κ3) is 3.42. The molecule has 2 aromatic carbocycles.